The topological polar surface area (TPSA) is 9.23 Å². The molecule has 10 heavy (non-hydrogen) atoms. The molecule has 0 aromatic heterocycles. The summed E-state index contributed by atoms with van der Waals surface area (Å²) >= 11 is 5.55. The third-order valence-electron chi connectivity index (χ3n) is 1.93. The summed E-state index contributed by atoms with van der Waals surface area (Å²) in [6.45, 7) is 0.978. The number of rotatable bonds is 4. The lowest BCUT2D eigenvalue weighted by molar-refractivity contribution is 0.102. The van der Waals surface area contributed by atoms with Crippen LogP contribution in [0.25, 0.3) is 0 Å². The molecule has 1 saturated heterocycles. The van der Waals surface area contributed by atoms with Crippen molar-refractivity contribution < 1.29 is 4.74 Å². The number of unbranched alkanes of at least 4 members (excludes halogenated alkanes) is 1. The molecule has 1 aliphatic heterocycles. The van der Waals surface area contributed by atoms with E-state index in [1.165, 1.54) is 25.7 Å². The van der Waals surface area contributed by atoms with Gasteiger partial charge in [0.05, 0.1) is 6.10 Å². The molecular weight excluding hydrogens is 148 g/mol. The van der Waals surface area contributed by atoms with E-state index in [0.717, 1.165) is 18.9 Å². The Morgan fingerprint density at radius 2 is 2.30 bits per heavy atom. The van der Waals surface area contributed by atoms with E-state index in [9.17, 15) is 0 Å². The largest absolute Gasteiger partial charge is 0.378 e. The Hall–Kier alpha value is 0.250. The SMILES string of the molecule is ClCCCCC1CCCO1. The van der Waals surface area contributed by atoms with Crippen molar-refractivity contribution in [2.45, 2.75) is 38.2 Å². The van der Waals surface area contributed by atoms with E-state index in [4.69, 9.17) is 16.3 Å². The highest BCUT2D eigenvalue weighted by atomic mass is 35.5. The number of hydrogen-bond acceptors (Lipinski definition) is 1. The van der Waals surface area contributed by atoms with Gasteiger partial charge >= 0.3 is 0 Å². The first-order chi connectivity index (χ1) is 4.93. The fraction of sp³-hybridized carbons (Fsp3) is 1.00. The molecule has 1 fully saturated rings. The van der Waals surface area contributed by atoms with Crippen molar-refractivity contribution in [3.63, 3.8) is 0 Å². The van der Waals surface area contributed by atoms with Crippen LogP contribution in [0, 0.1) is 0 Å². The Labute approximate surface area is 67.7 Å². The molecule has 2 heteroatoms. The Balaban J connectivity index is 1.91. The first kappa shape index (κ1) is 8.35. The Morgan fingerprint density at radius 1 is 1.40 bits per heavy atom. The van der Waals surface area contributed by atoms with E-state index in [2.05, 4.69) is 0 Å². The van der Waals surface area contributed by atoms with Gasteiger partial charge in [-0.25, -0.2) is 0 Å². The lowest BCUT2D eigenvalue weighted by atomic mass is 10.1. The molecule has 1 nitrogen and oxygen atoms in total. The molecule has 0 amide bonds. The normalized spacial score (nSPS) is 25.5. The van der Waals surface area contributed by atoms with Gasteiger partial charge in [-0.2, -0.15) is 0 Å². The smallest absolute Gasteiger partial charge is 0.0576 e. The van der Waals surface area contributed by atoms with Crippen LogP contribution in [0.3, 0.4) is 0 Å². The Bertz CT molecular complexity index is 79.3. The first-order valence-corrected chi connectivity index (χ1v) is 4.64. The van der Waals surface area contributed by atoms with E-state index in [1.807, 2.05) is 0 Å². The van der Waals surface area contributed by atoms with E-state index in [-0.39, 0.29) is 0 Å². The van der Waals surface area contributed by atoms with Crippen LogP contribution in [0.2, 0.25) is 0 Å². The standard InChI is InChI=1S/C8H15ClO/c9-6-2-1-4-8-5-3-7-10-8/h8H,1-7H2. The molecule has 1 rings (SSSR count). The van der Waals surface area contributed by atoms with Crippen molar-refractivity contribution >= 4 is 11.6 Å². The van der Waals surface area contributed by atoms with E-state index >= 15 is 0 Å². The number of halogens is 1. The number of ether oxygens (including phenoxy) is 1. The minimum absolute atomic E-state index is 0.559. The monoisotopic (exact) mass is 162 g/mol. The zero-order chi connectivity index (χ0) is 7.23. The van der Waals surface area contributed by atoms with Gasteiger partial charge in [-0.05, 0) is 32.1 Å². The van der Waals surface area contributed by atoms with Gasteiger partial charge in [-0.3, -0.25) is 0 Å². The third-order valence-corrected chi connectivity index (χ3v) is 2.20. The summed E-state index contributed by atoms with van der Waals surface area (Å²) in [5, 5.41) is 0. The van der Waals surface area contributed by atoms with Crippen LogP contribution in [0.4, 0.5) is 0 Å². The van der Waals surface area contributed by atoms with E-state index < -0.39 is 0 Å². The molecule has 0 N–H and O–H groups in total. The third kappa shape index (κ3) is 2.89. The highest BCUT2D eigenvalue weighted by Crippen LogP contribution is 2.17. The molecule has 0 spiro atoms. The van der Waals surface area contributed by atoms with Crippen LogP contribution in [0.5, 0.6) is 0 Å². The summed E-state index contributed by atoms with van der Waals surface area (Å²) < 4.78 is 5.46. The van der Waals surface area contributed by atoms with Gasteiger partial charge in [-0.15, -0.1) is 11.6 Å². The first-order valence-electron chi connectivity index (χ1n) is 4.11. The van der Waals surface area contributed by atoms with Crippen molar-refractivity contribution in [1.82, 2.24) is 0 Å². The quantitative estimate of drug-likeness (QED) is 0.456. The van der Waals surface area contributed by atoms with Crippen molar-refractivity contribution in [1.29, 1.82) is 0 Å². The molecule has 0 radical (unpaired) electrons. The maximum absolute atomic E-state index is 5.55. The second-order valence-electron chi connectivity index (χ2n) is 2.82. The number of alkyl halides is 1. The van der Waals surface area contributed by atoms with Gasteiger partial charge in [-0.1, -0.05) is 0 Å². The molecule has 60 valence electrons. The van der Waals surface area contributed by atoms with Crippen molar-refractivity contribution in [3.8, 4) is 0 Å². The maximum Gasteiger partial charge on any atom is 0.0576 e. The molecule has 0 bridgehead atoms. The van der Waals surface area contributed by atoms with Gasteiger partial charge in [0.2, 0.25) is 0 Å². The summed E-state index contributed by atoms with van der Waals surface area (Å²) in [4.78, 5) is 0. The molecule has 1 unspecified atom stereocenters. The Kier molecular flexibility index (Phi) is 4.15. The van der Waals surface area contributed by atoms with Crippen LogP contribution in [0.1, 0.15) is 32.1 Å². The molecule has 1 heterocycles. The van der Waals surface area contributed by atoms with Crippen molar-refractivity contribution in [2.75, 3.05) is 12.5 Å². The highest BCUT2D eigenvalue weighted by Gasteiger charge is 2.13. The lowest BCUT2D eigenvalue weighted by Crippen LogP contribution is -2.03. The van der Waals surface area contributed by atoms with Crippen molar-refractivity contribution in [3.05, 3.63) is 0 Å². The molecule has 1 aliphatic rings. The predicted molar refractivity (Wildman–Crippen MR) is 43.5 cm³/mol. The molecule has 0 aliphatic carbocycles. The lowest BCUT2D eigenvalue weighted by Gasteiger charge is -2.06. The maximum atomic E-state index is 5.55. The predicted octanol–water partition coefficient (Wildman–Crippen LogP) is 2.57. The summed E-state index contributed by atoms with van der Waals surface area (Å²) in [5.41, 5.74) is 0. The van der Waals surface area contributed by atoms with E-state index in [1.54, 1.807) is 0 Å². The van der Waals surface area contributed by atoms with Crippen LogP contribution in [0.15, 0.2) is 0 Å². The molecule has 0 aromatic carbocycles. The minimum Gasteiger partial charge on any atom is -0.378 e. The van der Waals surface area contributed by atoms with Gasteiger partial charge in [0.1, 0.15) is 0 Å². The summed E-state index contributed by atoms with van der Waals surface area (Å²) in [6.07, 6.45) is 6.67. The van der Waals surface area contributed by atoms with Gasteiger partial charge in [0.15, 0.2) is 0 Å². The zero-order valence-corrected chi connectivity index (χ0v) is 7.07. The average Bonchev–Trinajstić information content (AvgIpc) is 2.41. The summed E-state index contributed by atoms with van der Waals surface area (Å²) in [5.74, 6) is 0.798. The molecule has 1 atom stereocenters. The van der Waals surface area contributed by atoms with Crippen LogP contribution < -0.4 is 0 Å². The summed E-state index contributed by atoms with van der Waals surface area (Å²) in [7, 11) is 0. The molecular formula is C8H15ClO. The molecule has 0 aromatic rings. The van der Waals surface area contributed by atoms with Crippen LogP contribution in [-0.2, 0) is 4.74 Å². The summed E-state index contributed by atoms with van der Waals surface area (Å²) in [6, 6.07) is 0. The number of hydrogen-bond donors (Lipinski definition) is 0. The zero-order valence-electron chi connectivity index (χ0n) is 6.31. The fourth-order valence-corrected chi connectivity index (χ4v) is 1.53. The van der Waals surface area contributed by atoms with Gasteiger partial charge in [0.25, 0.3) is 0 Å². The minimum atomic E-state index is 0.559. The van der Waals surface area contributed by atoms with Crippen LogP contribution >= 0.6 is 11.6 Å². The van der Waals surface area contributed by atoms with E-state index in [0.29, 0.717) is 6.10 Å². The second kappa shape index (κ2) is 4.97. The fourth-order valence-electron chi connectivity index (χ4n) is 1.34. The highest BCUT2D eigenvalue weighted by molar-refractivity contribution is 6.17. The Morgan fingerprint density at radius 3 is 2.90 bits per heavy atom. The molecule has 0 saturated carbocycles. The van der Waals surface area contributed by atoms with Crippen molar-refractivity contribution in [2.24, 2.45) is 0 Å². The van der Waals surface area contributed by atoms with Crippen LogP contribution in [-0.4, -0.2) is 18.6 Å². The second-order valence-corrected chi connectivity index (χ2v) is 3.20. The van der Waals surface area contributed by atoms with Gasteiger partial charge < -0.3 is 4.74 Å². The average molecular weight is 163 g/mol. The van der Waals surface area contributed by atoms with Gasteiger partial charge in [0, 0.05) is 12.5 Å².